The fourth-order valence-corrected chi connectivity index (χ4v) is 6.55. The number of carbonyl (C=O) groups excluding carboxylic acids is 2. The first-order valence-electron chi connectivity index (χ1n) is 10.5. The van der Waals surface area contributed by atoms with Crippen LogP contribution in [0, 0.1) is 11.8 Å². The van der Waals surface area contributed by atoms with Gasteiger partial charge in [0.2, 0.25) is 5.91 Å². The van der Waals surface area contributed by atoms with Crippen LogP contribution in [-0.4, -0.2) is 36.0 Å². The second-order valence-electron chi connectivity index (χ2n) is 9.14. The first-order chi connectivity index (χ1) is 13.1. The highest BCUT2D eigenvalue weighted by Gasteiger charge is 2.47. The molecule has 1 unspecified atom stereocenters. The van der Waals surface area contributed by atoms with Crippen molar-refractivity contribution in [3.8, 4) is 0 Å². The molecular formula is C22H29N3O2. The summed E-state index contributed by atoms with van der Waals surface area (Å²) in [6, 6.07) is 8.03. The van der Waals surface area contributed by atoms with Crippen LogP contribution in [0.1, 0.15) is 56.9 Å². The molecule has 144 valence electrons. The van der Waals surface area contributed by atoms with E-state index in [0.717, 1.165) is 55.8 Å². The van der Waals surface area contributed by atoms with Gasteiger partial charge in [0.05, 0.1) is 5.69 Å². The zero-order valence-corrected chi connectivity index (χ0v) is 15.9. The second-order valence-corrected chi connectivity index (χ2v) is 9.14. The number of carbonyl (C=O) groups is 2. The summed E-state index contributed by atoms with van der Waals surface area (Å²) in [4.78, 5) is 28.5. The van der Waals surface area contributed by atoms with Gasteiger partial charge in [-0.1, -0.05) is 24.6 Å². The van der Waals surface area contributed by atoms with Crippen LogP contribution < -0.4 is 10.6 Å². The monoisotopic (exact) mass is 367 g/mol. The molecule has 1 aromatic carbocycles. The van der Waals surface area contributed by atoms with E-state index >= 15 is 0 Å². The number of likely N-dealkylation sites (tertiary alicyclic amines) is 1. The average Bonchev–Trinajstić information content (AvgIpc) is 3.28. The normalized spacial score (nSPS) is 32.5. The molecule has 0 radical (unpaired) electrons. The summed E-state index contributed by atoms with van der Waals surface area (Å²) in [5.74, 6) is 1.72. The first kappa shape index (κ1) is 17.2. The van der Waals surface area contributed by atoms with Gasteiger partial charge in [0.15, 0.2) is 0 Å². The molecule has 3 amide bonds. The third-order valence-corrected chi connectivity index (χ3v) is 7.93. The van der Waals surface area contributed by atoms with Gasteiger partial charge in [-0.2, -0.15) is 0 Å². The molecule has 2 N–H and O–H groups in total. The molecule has 27 heavy (non-hydrogen) atoms. The molecule has 5 nitrogen and oxygen atoms in total. The number of primary amides is 1. The van der Waals surface area contributed by atoms with Crippen LogP contribution >= 0.6 is 0 Å². The standard InChI is InChI=1S/C22H29N3O2/c23-21(27)25-18-4-2-1-3-17(18)22(8-7-20(25)26)9-11-24(12-10-22)19-14-15-5-6-16(19)13-15/h1-4,15-16,19H,5-14H2,(H2,23,27)/t15-,16-,19?/m1/s1. The minimum absolute atomic E-state index is 0.00935. The molecule has 2 bridgehead atoms. The van der Waals surface area contributed by atoms with Crippen molar-refractivity contribution < 1.29 is 9.59 Å². The summed E-state index contributed by atoms with van der Waals surface area (Å²) in [6.07, 6.45) is 9.04. The number of rotatable bonds is 1. The Kier molecular flexibility index (Phi) is 4.04. The van der Waals surface area contributed by atoms with Gasteiger partial charge < -0.3 is 10.6 Å². The maximum absolute atomic E-state index is 12.6. The zero-order valence-electron chi connectivity index (χ0n) is 15.9. The van der Waals surface area contributed by atoms with E-state index in [4.69, 9.17) is 5.73 Å². The zero-order chi connectivity index (χ0) is 18.6. The molecule has 0 aromatic heterocycles. The lowest BCUT2D eigenvalue weighted by molar-refractivity contribution is -0.118. The van der Waals surface area contributed by atoms with E-state index in [2.05, 4.69) is 11.0 Å². The van der Waals surface area contributed by atoms with Crippen molar-refractivity contribution in [1.82, 2.24) is 4.90 Å². The van der Waals surface area contributed by atoms with Gasteiger partial charge >= 0.3 is 6.03 Å². The largest absolute Gasteiger partial charge is 0.351 e. The maximum atomic E-state index is 12.6. The number of para-hydroxylation sites is 1. The minimum Gasteiger partial charge on any atom is -0.351 e. The van der Waals surface area contributed by atoms with E-state index in [1.54, 1.807) is 0 Å². The number of nitrogens with zero attached hydrogens (tertiary/aromatic N) is 2. The van der Waals surface area contributed by atoms with Crippen molar-refractivity contribution in [3.05, 3.63) is 29.8 Å². The molecular weight excluding hydrogens is 338 g/mol. The van der Waals surface area contributed by atoms with Crippen LogP contribution in [0.25, 0.3) is 0 Å². The minimum atomic E-state index is -0.663. The molecule has 4 aliphatic rings. The van der Waals surface area contributed by atoms with Crippen LogP contribution in [-0.2, 0) is 10.2 Å². The Morgan fingerprint density at radius 2 is 1.85 bits per heavy atom. The Morgan fingerprint density at radius 3 is 2.52 bits per heavy atom. The van der Waals surface area contributed by atoms with E-state index in [-0.39, 0.29) is 11.3 Å². The van der Waals surface area contributed by atoms with Crippen molar-refractivity contribution in [1.29, 1.82) is 0 Å². The lowest BCUT2D eigenvalue weighted by Crippen LogP contribution is -2.48. The van der Waals surface area contributed by atoms with Gasteiger partial charge in [-0.25, -0.2) is 9.69 Å². The third kappa shape index (κ3) is 2.70. The predicted octanol–water partition coefficient (Wildman–Crippen LogP) is 3.41. The van der Waals surface area contributed by atoms with Gasteiger partial charge in [-0.15, -0.1) is 0 Å². The number of benzene rings is 1. The number of piperidine rings is 1. The summed E-state index contributed by atoms with van der Waals surface area (Å²) >= 11 is 0. The van der Waals surface area contributed by atoms with Crippen LogP contribution in [0.2, 0.25) is 0 Å². The molecule has 3 fully saturated rings. The average molecular weight is 367 g/mol. The number of nitrogens with two attached hydrogens (primary N) is 1. The molecule has 2 saturated carbocycles. The number of hydrogen-bond acceptors (Lipinski definition) is 3. The number of anilines is 1. The van der Waals surface area contributed by atoms with E-state index < -0.39 is 6.03 Å². The van der Waals surface area contributed by atoms with Crippen molar-refractivity contribution >= 4 is 17.6 Å². The molecule has 1 saturated heterocycles. The van der Waals surface area contributed by atoms with Crippen LogP contribution in [0.3, 0.4) is 0 Å². The van der Waals surface area contributed by atoms with Crippen LogP contribution in [0.15, 0.2) is 24.3 Å². The Balaban J connectivity index is 1.42. The maximum Gasteiger partial charge on any atom is 0.326 e. The highest BCUT2D eigenvalue weighted by molar-refractivity contribution is 6.14. The van der Waals surface area contributed by atoms with Gasteiger partial charge in [0.1, 0.15) is 0 Å². The Bertz CT molecular complexity index is 769. The highest BCUT2D eigenvalue weighted by Crippen LogP contribution is 2.50. The molecule has 2 aliphatic heterocycles. The van der Waals surface area contributed by atoms with Crippen molar-refractivity contribution in [2.45, 2.75) is 62.8 Å². The number of amides is 3. The van der Waals surface area contributed by atoms with Crippen LogP contribution in [0.5, 0.6) is 0 Å². The summed E-state index contributed by atoms with van der Waals surface area (Å²) < 4.78 is 0. The van der Waals surface area contributed by atoms with E-state index in [9.17, 15) is 9.59 Å². The molecule has 1 aromatic rings. The lowest BCUT2D eigenvalue weighted by atomic mass is 9.69. The molecule has 1 spiro atoms. The predicted molar refractivity (Wildman–Crippen MR) is 104 cm³/mol. The van der Waals surface area contributed by atoms with E-state index in [0.29, 0.717) is 12.1 Å². The summed E-state index contributed by atoms with van der Waals surface area (Å²) in [6.45, 7) is 2.21. The molecule has 5 heteroatoms. The lowest BCUT2D eigenvalue weighted by Gasteiger charge is -2.46. The van der Waals surface area contributed by atoms with E-state index in [1.165, 1.54) is 30.6 Å². The quantitative estimate of drug-likeness (QED) is 0.827. The van der Waals surface area contributed by atoms with Crippen LogP contribution in [0.4, 0.5) is 10.5 Å². The topological polar surface area (TPSA) is 66.6 Å². The second kappa shape index (κ2) is 6.33. The first-order valence-corrected chi connectivity index (χ1v) is 10.5. The number of hydrogen-bond donors (Lipinski definition) is 1. The van der Waals surface area contributed by atoms with Gasteiger partial charge in [-0.3, -0.25) is 4.79 Å². The summed E-state index contributed by atoms with van der Waals surface area (Å²) in [5, 5.41) is 0. The molecule has 3 atom stereocenters. The Hall–Kier alpha value is -1.88. The Morgan fingerprint density at radius 1 is 1.07 bits per heavy atom. The fourth-order valence-electron chi connectivity index (χ4n) is 6.55. The van der Waals surface area contributed by atoms with Gasteiger partial charge in [-0.05, 0) is 75.1 Å². The molecule has 2 aliphatic carbocycles. The summed E-state index contributed by atoms with van der Waals surface area (Å²) in [5.41, 5.74) is 7.40. The smallest absolute Gasteiger partial charge is 0.326 e. The third-order valence-electron chi connectivity index (χ3n) is 7.93. The Labute approximate surface area is 160 Å². The van der Waals surface area contributed by atoms with Gasteiger partial charge in [0.25, 0.3) is 0 Å². The van der Waals surface area contributed by atoms with Crippen molar-refractivity contribution in [2.24, 2.45) is 17.6 Å². The molecule has 2 heterocycles. The highest BCUT2D eigenvalue weighted by atomic mass is 16.2. The van der Waals surface area contributed by atoms with Crippen molar-refractivity contribution in [2.75, 3.05) is 18.0 Å². The number of imide groups is 1. The van der Waals surface area contributed by atoms with Gasteiger partial charge in [0, 0.05) is 17.9 Å². The fraction of sp³-hybridized carbons (Fsp3) is 0.636. The number of fused-ring (bicyclic) bond motifs is 4. The van der Waals surface area contributed by atoms with E-state index in [1.807, 2.05) is 18.2 Å². The SMILES string of the molecule is NC(=O)N1C(=O)CCC2(CCN(C3C[C@@H]4CC[C@@H]3C4)CC2)c2ccccc21. The van der Waals surface area contributed by atoms with Crippen molar-refractivity contribution in [3.63, 3.8) is 0 Å². The summed E-state index contributed by atoms with van der Waals surface area (Å²) in [7, 11) is 0. The number of urea groups is 1. The molecule has 5 rings (SSSR count).